The topological polar surface area (TPSA) is 80.3 Å². The van der Waals surface area contributed by atoms with Crippen LogP contribution in [0, 0.1) is 0 Å². The van der Waals surface area contributed by atoms with Crippen LogP contribution in [0.25, 0.3) is 10.8 Å². The molecule has 0 radical (unpaired) electrons. The van der Waals surface area contributed by atoms with E-state index in [-0.39, 0.29) is 4.90 Å². The van der Waals surface area contributed by atoms with Crippen LogP contribution in [0.5, 0.6) is 0 Å². The van der Waals surface area contributed by atoms with Crippen molar-refractivity contribution in [2.24, 2.45) is 0 Å². The smallest absolute Gasteiger partial charge is 0.285 e. The van der Waals surface area contributed by atoms with E-state index in [1.807, 2.05) is 5.32 Å². The van der Waals surface area contributed by atoms with E-state index >= 15 is 0 Å². The van der Waals surface area contributed by atoms with Crippen LogP contribution >= 0.6 is 27.7 Å². The number of carbonyl (C=O) groups is 2. The predicted octanol–water partition coefficient (Wildman–Crippen LogP) is 2.69. The van der Waals surface area contributed by atoms with Crippen LogP contribution in [0.4, 0.5) is 4.79 Å². The molecule has 1 atom stereocenters. The number of hydrogen-bond acceptors (Lipinski definition) is 5. The number of amides is 2. The Bertz CT molecular complexity index is 879. The normalized spacial score (nSPS) is 19.0. The Morgan fingerprint density at radius 1 is 1.05 bits per heavy atom. The van der Waals surface area contributed by atoms with Crippen molar-refractivity contribution in [3.8, 4) is 0 Å². The van der Waals surface area contributed by atoms with Gasteiger partial charge in [0.15, 0.2) is 4.58 Å². The van der Waals surface area contributed by atoms with Crippen molar-refractivity contribution in [3.63, 3.8) is 0 Å². The minimum Gasteiger partial charge on any atom is -0.285 e. The number of carbonyl (C=O) groups excluding carboxylic acids is 2. The molecular formula is C13H8BrNO4S2. The number of fused-ring (bicyclic) bond motifs is 1. The molecule has 1 aliphatic rings. The van der Waals surface area contributed by atoms with E-state index in [0.29, 0.717) is 17.1 Å². The lowest BCUT2D eigenvalue weighted by Crippen LogP contribution is -2.30. The van der Waals surface area contributed by atoms with E-state index in [4.69, 9.17) is 0 Å². The molecule has 2 aromatic carbocycles. The summed E-state index contributed by atoms with van der Waals surface area (Å²) < 4.78 is 24.7. The molecule has 108 valence electrons. The highest BCUT2D eigenvalue weighted by molar-refractivity contribution is 9.10. The van der Waals surface area contributed by atoms with Gasteiger partial charge in [-0.1, -0.05) is 40.2 Å². The van der Waals surface area contributed by atoms with Crippen LogP contribution < -0.4 is 5.32 Å². The zero-order valence-corrected chi connectivity index (χ0v) is 13.6. The second-order valence-electron chi connectivity index (χ2n) is 4.36. The van der Waals surface area contributed by atoms with Crippen LogP contribution in [0.2, 0.25) is 0 Å². The lowest BCUT2D eigenvalue weighted by molar-refractivity contribution is -0.117. The minimum absolute atomic E-state index is 0.0450. The van der Waals surface area contributed by atoms with Crippen molar-refractivity contribution in [2.45, 2.75) is 9.48 Å². The zero-order valence-electron chi connectivity index (χ0n) is 10.4. The molecular weight excluding hydrogens is 378 g/mol. The van der Waals surface area contributed by atoms with E-state index in [2.05, 4.69) is 15.9 Å². The molecule has 2 amide bonds. The van der Waals surface area contributed by atoms with Crippen LogP contribution in [0.15, 0.2) is 45.8 Å². The fourth-order valence-corrected chi connectivity index (χ4v) is 5.57. The standard InChI is InChI=1S/C13H8BrNO4S2/c14-9-5-1-4-8-7(9)3-2-6-10(8)21(18,19)12-11(16)15-13(17)20-12/h1-6,12H,(H,15,16,17). The van der Waals surface area contributed by atoms with Gasteiger partial charge in [-0.2, -0.15) is 0 Å². The van der Waals surface area contributed by atoms with E-state index in [9.17, 15) is 18.0 Å². The van der Waals surface area contributed by atoms with E-state index in [1.54, 1.807) is 30.3 Å². The number of benzene rings is 2. The quantitative estimate of drug-likeness (QED) is 0.859. The summed E-state index contributed by atoms with van der Waals surface area (Å²) in [7, 11) is -3.95. The third kappa shape index (κ3) is 2.37. The molecule has 0 bridgehead atoms. The van der Waals surface area contributed by atoms with E-state index < -0.39 is 25.6 Å². The molecule has 1 heterocycles. The Morgan fingerprint density at radius 3 is 2.38 bits per heavy atom. The van der Waals surface area contributed by atoms with Crippen molar-refractivity contribution < 1.29 is 18.0 Å². The Labute approximate surface area is 133 Å². The summed E-state index contributed by atoms with van der Waals surface area (Å²) in [5.74, 6) is -0.794. The Kier molecular flexibility index (Phi) is 3.54. The minimum atomic E-state index is -3.95. The van der Waals surface area contributed by atoms with Crippen molar-refractivity contribution in [2.75, 3.05) is 0 Å². The number of nitrogens with one attached hydrogen (secondary N) is 1. The average Bonchev–Trinajstić information content (AvgIpc) is 2.78. The van der Waals surface area contributed by atoms with E-state index in [0.717, 1.165) is 9.86 Å². The van der Waals surface area contributed by atoms with Gasteiger partial charge in [-0.05, 0) is 29.3 Å². The molecule has 1 saturated heterocycles. The maximum Gasteiger partial charge on any atom is 0.287 e. The first-order valence-electron chi connectivity index (χ1n) is 5.84. The number of imide groups is 1. The molecule has 2 aromatic rings. The summed E-state index contributed by atoms with van der Waals surface area (Å²) in [6.07, 6.45) is 0. The number of thioether (sulfide) groups is 1. The summed E-state index contributed by atoms with van der Waals surface area (Å²) in [5.41, 5.74) is 0. The van der Waals surface area contributed by atoms with Gasteiger partial charge in [0.2, 0.25) is 9.84 Å². The van der Waals surface area contributed by atoms with Gasteiger partial charge in [0.25, 0.3) is 11.1 Å². The average molecular weight is 386 g/mol. The third-order valence-electron chi connectivity index (χ3n) is 3.07. The predicted molar refractivity (Wildman–Crippen MR) is 83.8 cm³/mol. The fourth-order valence-electron chi connectivity index (χ4n) is 2.15. The first-order chi connectivity index (χ1) is 9.91. The molecule has 8 heteroatoms. The van der Waals surface area contributed by atoms with Crippen molar-refractivity contribution in [3.05, 3.63) is 40.9 Å². The SMILES string of the molecule is O=C1NC(=O)C(S(=O)(=O)c2cccc3c(Br)cccc23)S1. The first kappa shape index (κ1) is 14.6. The van der Waals surface area contributed by atoms with Crippen molar-refractivity contribution in [1.29, 1.82) is 0 Å². The third-order valence-corrected chi connectivity index (χ3v) is 7.30. The van der Waals surface area contributed by atoms with Gasteiger partial charge in [0.1, 0.15) is 0 Å². The van der Waals surface area contributed by atoms with Crippen molar-refractivity contribution >= 4 is 59.4 Å². The maximum atomic E-state index is 12.7. The molecule has 5 nitrogen and oxygen atoms in total. The molecule has 1 unspecified atom stereocenters. The van der Waals surface area contributed by atoms with Crippen LogP contribution in [0.3, 0.4) is 0 Å². The molecule has 3 rings (SSSR count). The van der Waals surface area contributed by atoms with Gasteiger partial charge in [0, 0.05) is 9.86 Å². The molecule has 1 aliphatic heterocycles. The van der Waals surface area contributed by atoms with Gasteiger partial charge < -0.3 is 0 Å². The molecule has 1 fully saturated rings. The maximum absolute atomic E-state index is 12.7. The fraction of sp³-hybridized carbons (Fsp3) is 0.0769. The molecule has 0 spiro atoms. The lowest BCUT2D eigenvalue weighted by atomic mass is 10.1. The molecule has 0 aliphatic carbocycles. The summed E-state index contributed by atoms with van der Waals surface area (Å²) in [4.78, 5) is 22.9. The molecule has 0 aromatic heterocycles. The summed E-state index contributed by atoms with van der Waals surface area (Å²) in [6, 6.07) is 10.0. The van der Waals surface area contributed by atoms with Crippen LogP contribution in [-0.2, 0) is 14.6 Å². The van der Waals surface area contributed by atoms with Gasteiger partial charge >= 0.3 is 0 Å². The lowest BCUT2D eigenvalue weighted by Gasteiger charge is -2.11. The highest BCUT2D eigenvalue weighted by atomic mass is 79.9. The number of halogens is 1. The molecule has 1 N–H and O–H groups in total. The largest absolute Gasteiger partial charge is 0.287 e. The Balaban J connectivity index is 2.23. The number of hydrogen-bond donors (Lipinski definition) is 1. The molecule has 21 heavy (non-hydrogen) atoms. The monoisotopic (exact) mass is 385 g/mol. The second kappa shape index (κ2) is 5.11. The Morgan fingerprint density at radius 2 is 1.71 bits per heavy atom. The number of rotatable bonds is 2. The van der Waals surface area contributed by atoms with Crippen LogP contribution in [0.1, 0.15) is 0 Å². The van der Waals surface area contributed by atoms with E-state index in [1.165, 1.54) is 6.07 Å². The highest BCUT2D eigenvalue weighted by Gasteiger charge is 2.43. The highest BCUT2D eigenvalue weighted by Crippen LogP contribution is 2.35. The first-order valence-corrected chi connectivity index (χ1v) is 9.06. The molecule has 0 saturated carbocycles. The Hall–Kier alpha value is -1.38. The van der Waals surface area contributed by atoms with Crippen molar-refractivity contribution in [1.82, 2.24) is 5.32 Å². The van der Waals surface area contributed by atoms with Gasteiger partial charge in [-0.3, -0.25) is 14.9 Å². The second-order valence-corrected chi connectivity index (χ2v) is 8.59. The van der Waals surface area contributed by atoms with Gasteiger partial charge in [-0.25, -0.2) is 8.42 Å². The summed E-state index contributed by atoms with van der Waals surface area (Å²) >= 11 is 3.86. The van der Waals surface area contributed by atoms with Gasteiger partial charge in [-0.15, -0.1) is 0 Å². The number of sulfone groups is 1. The van der Waals surface area contributed by atoms with Crippen LogP contribution in [-0.4, -0.2) is 24.1 Å². The zero-order chi connectivity index (χ0) is 15.2. The summed E-state index contributed by atoms with van der Waals surface area (Å²) in [6.45, 7) is 0. The summed E-state index contributed by atoms with van der Waals surface area (Å²) in [5, 5.41) is 2.60. The van der Waals surface area contributed by atoms with Gasteiger partial charge in [0.05, 0.1) is 4.90 Å².